The molecule has 2 nitrogen and oxygen atoms in total. The second-order valence-corrected chi connectivity index (χ2v) is 4.48. The second kappa shape index (κ2) is 1.70. The van der Waals surface area contributed by atoms with E-state index >= 15 is 0 Å². The van der Waals surface area contributed by atoms with Crippen molar-refractivity contribution in [3.8, 4) is 0 Å². The highest BCUT2D eigenvalue weighted by atomic mass is 16.1. The van der Waals surface area contributed by atoms with Gasteiger partial charge >= 0.3 is 0 Å². The summed E-state index contributed by atoms with van der Waals surface area (Å²) in [5.74, 6) is 0.282. The molecule has 2 aliphatic carbocycles. The number of carbonyl (C=O) groups is 2. The van der Waals surface area contributed by atoms with E-state index in [9.17, 15) is 9.59 Å². The quantitative estimate of drug-likeness (QED) is 0.543. The summed E-state index contributed by atoms with van der Waals surface area (Å²) < 4.78 is 0. The topological polar surface area (TPSA) is 34.1 Å². The van der Waals surface area contributed by atoms with Gasteiger partial charge in [-0.1, -0.05) is 20.8 Å². The Bertz CT molecular complexity index is 323. The van der Waals surface area contributed by atoms with Gasteiger partial charge in [0.2, 0.25) is 0 Å². The molecule has 2 rings (SSSR count). The Balaban J connectivity index is 2.67. The van der Waals surface area contributed by atoms with Crippen LogP contribution in [0, 0.1) is 10.8 Å². The number of rotatable bonds is 0. The molecular weight excluding hydrogens is 152 g/mol. The summed E-state index contributed by atoms with van der Waals surface area (Å²) in [7, 11) is 0. The summed E-state index contributed by atoms with van der Waals surface area (Å²) in [6.07, 6.45) is 1.94. The van der Waals surface area contributed by atoms with E-state index in [0.717, 1.165) is 5.57 Å². The zero-order valence-corrected chi connectivity index (χ0v) is 7.60. The number of hydrogen-bond donors (Lipinski definition) is 0. The number of hydrogen-bond acceptors (Lipinski definition) is 2. The molecule has 0 N–H and O–H groups in total. The van der Waals surface area contributed by atoms with E-state index in [1.54, 1.807) is 0 Å². The van der Waals surface area contributed by atoms with Crippen molar-refractivity contribution in [1.82, 2.24) is 0 Å². The van der Waals surface area contributed by atoms with Crippen molar-refractivity contribution in [3.63, 3.8) is 0 Å². The van der Waals surface area contributed by atoms with Crippen molar-refractivity contribution >= 4 is 11.6 Å². The van der Waals surface area contributed by atoms with Gasteiger partial charge in [-0.25, -0.2) is 0 Å². The highest BCUT2D eigenvalue weighted by molar-refractivity contribution is 6.17. The molecule has 2 aliphatic rings. The lowest BCUT2D eigenvalue weighted by atomic mass is 9.70. The van der Waals surface area contributed by atoms with Crippen molar-refractivity contribution < 1.29 is 9.59 Å². The molecule has 0 amide bonds. The van der Waals surface area contributed by atoms with Gasteiger partial charge in [-0.15, -0.1) is 0 Å². The monoisotopic (exact) mass is 164 g/mol. The number of allylic oxidation sites excluding steroid dienone is 2. The predicted octanol–water partition coefficient (Wildman–Crippen LogP) is 1.50. The Morgan fingerprint density at radius 3 is 2.08 bits per heavy atom. The van der Waals surface area contributed by atoms with Gasteiger partial charge in [-0.05, 0) is 6.08 Å². The highest BCUT2D eigenvalue weighted by Gasteiger charge is 2.60. The lowest BCUT2D eigenvalue weighted by Gasteiger charge is -2.30. The van der Waals surface area contributed by atoms with Crippen LogP contribution >= 0.6 is 0 Å². The van der Waals surface area contributed by atoms with Crippen LogP contribution in [-0.2, 0) is 9.59 Å². The molecule has 1 atom stereocenters. The van der Waals surface area contributed by atoms with Crippen LogP contribution in [0.5, 0.6) is 0 Å². The minimum absolute atomic E-state index is 0.127. The van der Waals surface area contributed by atoms with Crippen LogP contribution in [0.15, 0.2) is 11.6 Å². The van der Waals surface area contributed by atoms with Crippen LogP contribution in [0.2, 0.25) is 0 Å². The molecule has 1 fully saturated rings. The fourth-order valence-electron chi connectivity index (χ4n) is 2.23. The smallest absolute Gasteiger partial charge is 0.163 e. The molecule has 0 saturated heterocycles. The van der Waals surface area contributed by atoms with Gasteiger partial charge in [-0.2, -0.15) is 0 Å². The summed E-state index contributed by atoms with van der Waals surface area (Å²) in [6.45, 7) is 5.85. The molecule has 2 bridgehead atoms. The fraction of sp³-hybridized carbons (Fsp3) is 0.600. The maximum atomic E-state index is 11.5. The summed E-state index contributed by atoms with van der Waals surface area (Å²) >= 11 is 0. The van der Waals surface area contributed by atoms with E-state index in [1.165, 1.54) is 6.08 Å². The average Bonchev–Trinajstić information content (AvgIpc) is 2.18. The normalized spacial score (nSPS) is 37.4. The molecule has 0 aromatic rings. The van der Waals surface area contributed by atoms with Crippen molar-refractivity contribution in [2.45, 2.75) is 27.2 Å². The highest BCUT2D eigenvalue weighted by Crippen LogP contribution is 2.58. The largest absolute Gasteiger partial charge is 0.294 e. The Morgan fingerprint density at radius 1 is 1.25 bits per heavy atom. The Labute approximate surface area is 71.6 Å². The molecule has 0 aromatic carbocycles. The van der Waals surface area contributed by atoms with Gasteiger partial charge in [0, 0.05) is 22.8 Å². The van der Waals surface area contributed by atoms with Crippen molar-refractivity contribution in [2.75, 3.05) is 0 Å². The van der Waals surface area contributed by atoms with Crippen LogP contribution in [0.25, 0.3) is 0 Å². The molecule has 0 heterocycles. The maximum Gasteiger partial charge on any atom is 0.163 e. The third-order valence-electron chi connectivity index (χ3n) is 3.69. The minimum atomic E-state index is -0.445. The molecule has 0 spiro atoms. The minimum Gasteiger partial charge on any atom is -0.294 e. The molecule has 2 heteroatoms. The SMILES string of the molecule is CC1(C)C2=CC(=O)C1(C)CC2=O. The van der Waals surface area contributed by atoms with Gasteiger partial charge < -0.3 is 0 Å². The first-order chi connectivity index (χ1) is 5.39. The number of fused-ring (bicyclic) bond motifs is 2. The second-order valence-electron chi connectivity index (χ2n) is 4.48. The molecule has 0 radical (unpaired) electrons. The van der Waals surface area contributed by atoms with E-state index in [-0.39, 0.29) is 17.0 Å². The van der Waals surface area contributed by atoms with E-state index in [4.69, 9.17) is 0 Å². The molecule has 12 heavy (non-hydrogen) atoms. The van der Waals surface area contributed by atoms with Crippen molar-refractivity contribution in [3.05, 3.63) is 11.6 Å². The lowest BCUT2D eigenvalue weighted by molar-refractivity contribution is -0.128. The molecule has 0 aromatic heterocycles. The van der Waals surface area contributed by atoms with Crippen LogP contribution in [0.1, 0.15) is 27.2 Å². The number of ketones is 2. The Morgan fingerprint density at radius 2 is 1.83 bits per heavy atom. The first-order valence-corrected chi connectivity index (χ1v) is 4.19. The number of Topliss-reactive ketones (excluding diaryl/α,β-unsaturated/α-hetero) is 1. The van der Waals surface area contributed by atoms with Gasteiger partial charge in [0.25, 0.3) is 0 Å². The molecule has 64 valence electrons. The summed E-state index contributed by atoms with van der Waals surface area (Å²) in [6, 6.07) is 0. The third-order valence-corrected chi connectivity index (χ3v) is 3.69. The van der Waals surface area contributed by atoms with Crippen LogP contribution < -0.4 is 0 Å². The van der Waals surface area contributed by atoms with Gasteiger partial charge in [0.15, 0.2) is 11.6 Å². The third kappa shape index (κ3) is 0.542. The number of carbonyl (C=O) groups excluding carboxylic acids is 2. The lowest BCUT2D eigenvalue weighted by Crippen LogP contribution is -2.32. The van der Waals surface area contributed by atoms with Gasteiger partial charge in [0.1, 0.15) is 0 Å². The zero-order valence-electron chi connectivity index (χ0n) is 7.60. The van der Waals surface area contributed by atoms with Crippen LogP contribution in [0.3, 0.4) is 0 Å². The standard InChI is InChI=1S/C10H12O2/c1-9(2)6-4-8(12)10(9,3)5-7(6)11/h4H,5H2,1-3H3. The zero-order chi connectivity index (χ0) is 9.15. The van der Waals surface area contributed by atoms with Gasteiger partial charge in [0.05, 0.1) is 0 Å². The van der Waals surface area contributed by atoms with Gasteiger partial charge in [-0.3, -0.25) is 9.59 Å². The fourth-order valence-corrected chi connectivity index (χ4v) is 2.23. The summed E-state index contributed by atoms with van der Waals surface area (Å²) in [5.41, 5.74) is 0.0515. The predicted molar refractivity (Wildman–Crippen MR) is 44.6 cm³/mol. The molecule has 0 aliphatic heterocycles. The summed E-state index contributed by atoms with van der Waals surface area (Å²) in [4.78, 5) is 22.9. The van der Waals surface area contributed by atoms with Crippen molar-refractivity contribution in [1.29, 1.82) is 0 Å². The van der Waals surface area contributed by atoms with Crippen LogP contribution in [0.4, 0.5) is 0 Å². The molecular formula is C10H12O2. The summed E-state index contributed by atoms with van der Waals surface area (Å²) in [5, 5.41) is 0. The molecule has 1 unspecified atom stereocenters. The maximum absolute atomic E-state index is 11.5. The van der Waals surface area contributed by atoms with E-state index in [1.807, 2.05) is 20.8 Å². The average molecular weight is 164 g/mol. The molecule has 1 saturated carbocycles. The van der Waals surface area contributed by atoms with Crippen LogP contribution in [-0.4, -0.2) is 11.6 Å². The van der Waals surface area contributed by atoms with E-state index in [0.29, 0.717) is 6.42 Å². The Kier molecular flexibility index (Phi) is 1.10. The van der Waals surface area contributed by atoms with E-state index < -0.39 is 5.41 Å². The first kappa shape index (κ1) is 7.71. The van der Waals surface area contributed by atoms with Crippen molar-refractivity contribution in [2.24, 2.45) is 10.8 Å². The Hall–Kier alpha value is -0.920. The van der Waals surface area contributed by atoms with E-state index in [2.05, 4.69) is 0 Å². The first-order valence-electron chi connectivity index (χ1n) is 4.19.